The van der Waals surface area contributed by atoms with Crippen molar-refractivity contribution >= 4 is 38.6 Å². The number of imidazole rings is 1. The molecule has 3 aromatic rings. The lowest BCUT2D eigenvalue weighted by Crippen LogP contribution is -2.03. The lowest BCUT2D eigenvalue weighted by atomic mass is 10.2. The minimum absolute atomic E-state index is 0.199. The molecule has 1 aromatic heterocycles. The van der Waals surface area contributed by atoms with Gasteiger partial charge in [0.25, 0.3) is 0 Å². The number of hydrogen-bond donors (Lipinski definition) is 0. The van der Waals surface area contributed by atoms with E-state index in [1.54, 1.807) is 7.11 Å². The smallest absolute Gasteiger partial charge is 0.132 e. The molecule has 108 valence electrons. The van der Waals surface area contributed by atoms with Crippen molar-refractivity contribution < 1.29 is 4.74 Å². The summed E-state index contributed by atoms with van der Waals surface area (Å²) in [6.45, 7) is 1.92. The van der Waals surface area contributed by atoms with Gasteiger partial charge in [0.15, 0.2) is 0 Å². The summed E-state index contributed by atoms with van der Waals surface area (Å²) >= 11 is 9.93. The SMILES string of the molecule is COc1ccc(Br)c(-n2c(C(C)Cl)nc3ccccc32)c1. The molecule has 3 nitrogen and oxygen atoms in total. The first kappa shape index (κ1) is 14.4. The van der Waals surface area contributed by atoms with Gasteiger partial charge in [-0.05, 0) is 47.1 Å². The number of rotatable bonds is 3. The number of ether oxygens (including phenoxy) is 1. The molecule has 0 radical (unpaired) electrons. The third-order valence-electron chi connectivity index (χ3n) is 3.34. The Hall–Kier alpha value is -1.52. The van der Waals surface area contributed by atoms with Gasteiger partial charge in [-0.1, -0.05) is 12.1 Å². The van der Waals surface area contributed by atoms with Crippen LogP contribution in [-0.4, -0.2) is 16.7 Å². The lowest BCUT2D eigenvalue weighted by Gasteiger charge is -2.13. The van der Waals surface area contributed by atoms with Crippen LogP contribution >= 0.6 is 27.5 Å². The van der Waals surface area contributed by atoms with Crippen LogP contribution in [0.3, 0.4) is 0 Å². The van der Waals surface area contributed by atoms with E-state index in [1.165, 1.54) is 0 Å². The molecule has 0 aliphatic heterocycles. The highest BCUT2D eigenvalue weighted by Crippen LogP contribution is 2.33. The van der Waals surface area contributed by atoms with Gasteiger partial charge < -0.3 is 4.74 Å². The molecule has 0 aliphatic rings. The standard InChI is InChI=1S/C16H14BrClN2O/c1-10(18)16-19-13-5-3-4-6-14(13)20(16)15-9-11(21-2)7-8-12(15)17/h3-10H,1-2H3. The van der Waals surface area contributed by atoms with Gasteiger partial charge in [-0.2, -0.15) is 0 Å². The van der Waals surface area contributed by atoms with Crippen LogP contribution in [0.1, 0.15) is 18.1 Å². The summed E-state index contributed by atoms with van der Waals surface area (Å²) in [7, 11) is 1.66. The second-order valence-corrected chi connectivity index (χ2v) is 6.24. The molecule has 0 fully saturated rings. The van der Waals surface area contributed by atoms with Gasteiger partial charge >= 0.3 is 0 Å². The fraction of sp³-hybridized carbons (Fsp3) is 0.188. The number of nitrogens with zero attached hydrogens (tertiary/aromatic N) is 2. The number of alkyl halides is 1. The maximum Gasteiger partial charge on any atom is 0.132 e. The Balaban J connectivity index is 2.35. The van der Waals surface area contributed by atoms with Crippen molar-refractivity contribution in [1.29, 1.82) is 0 Å². The highest BCUT2D eigenvalue weighted by atomic mass is 79.9. The highest BCUT2D eigenvalue weighted by molar-refractivity contribution is 9.10. The first-order valence-corrected chi connectivity index (χ1v) is 7.80. The summed E-state index contributed by atoms with van der Waals surface area (Å²) in [6.07, 6.45) is 0. The summed E-state index contributed by atoms with van der Waals surface area (Å²) in [5.41, 5.74) is 2.91. The normalized spacial score (nSPS) is 12.6. The van der Waals surface area contributed by atoms with Crippen LogP contribution in [-0.2, 0) is 0 Å². The van der Waals surface area contributed by atoms with Crippen LogP contribution < -0.4 is 4.74 Å². The Kier molecular flexibility index (Phi) is 3.91. The van der Waals surface area contributed by atoms with E-state index in [-0.39, 0.29) is 5.38 Å². The number of methoxy groups -OCH3 is 1. The van der Waals surface area contributed by atoms with Crippen LogP contribution in [0.2, 0.25) is 0 Å². The van der Waals surface area contributed by atoms with Crippen LogP contribution in [0.15, 0.2) is 46.9 Å². The van der Waals surface area contributed by atoms with Crippen molar-refractivity contribution in [3.63, 3.8) is 0 Å². The lowest BCUT2D eigenvalue weighted by molar-refractivity contribution is 0.414. The molecule has 0 spiro atoms. The Morgan fingerprint density at radius 3 is 2.71 bits per heavy atom. The number of aromatic nitrogens is 2. The highest BCUT2D eigenvalue weighted by Gasteiger charge is 2.18. The molecular weight excluding hydrogens is 352 g/mol. The average Bonchev–Trinajstić information content (AvgIpc) is 2.87. The second kappa shape index (κ2) is 5.70. The predicted octanol–water partition coefficient (Wildman–Crippen LogP) is 5.10. The van der Waals surface area contributed by atoms with E-state index >= 15 is 0 Å². The quantitative estimate of drug-likeness (QED) is 0.604. The monoisotopic (exact) mass is 364 g/mol. The van der Waals surface area contributed by atoms with Gasteiger partial charge in [-0.15, -0.1) is 11.6 Å². The maximum atomic E-state index is 6.33. The topological polar surface area (TPSA) is 27.1 Å². The van der Waals surface area contributed by atoms with Gasteiger partial charge in [0.05, 0.1) is 29.2 Å². The Morgan fingerprint density at radius 2 is 2.00 bits per heavy atom. The molecule has 1 unspecified atom stereocenters. The third kappa shape index (κ3) is 2.54. The van der Waals surface area contributed by atoms with E-state index in [9.17, 15) is 0 Å². The summed E-state index contributed by atoms with van der Waals surface area (Å²) in [5, 5.41) is -0.199. The molecule has 1 atom stereocenters. The first-order valence-electron chi connectivity index (χ1n) is 6.57. The van der Waals surface area contributed by atoms with Gasteiger partial charge in [0.2, 0.25) is 0 Å². The molecule has 21 heavy (non-hydrogen) atoms. The number of halogens is 2. The van der Waals surface area contributed by atoms with Gasteiger partial charge in [0.1, 0.15) is 11.6 Å². The number of fused-ring (bicyclic) bond motifs is 1. The summed E-state index contributed by atoms with van der Waals surface area (Å²) in [4.78, 5) is 4.65. The van der Waals surface area contributed by atoms with Crippen LogP contribution in [0, 0.1) is 0 Å². The zero-order valence-corrected chi connectivity index (χ0v) is 14.0. The number of benzene rings is 2. The van der Waals surface area contributed by atoms with Gasteiger partial charge in [-0.3, -0.25) is 4.57 Å². The molecule has 1 heterocycles. The minimum atomic E-state index is -0.199. The average molecular weight is 366 g/mol. The molecule has 2 aromatic carbocycles. The first-order chi connectivity index (χ1) is 10.1. The molecule has 0 amide bonds. The fourth-order valence-corrected chi connectivity index (χ4v) is 2.93. The van der Waals surface area contributed by atoms with Crippen molar-refractivity contribution in [2.45, 2.75) is 12.3 Å². The maximum absolute atomic E-state index is 6.33. The molecule has 0 saturated heterocycles. The Labute approximate surface area is 136 Å². The molecule has 5 heteroatoms. The van der Waals surface area contributed by atoms with Crippen molar-refractivity contribution in [1.82, 2.24) is 9.55 Å². The molecule has 0 bridgehead atoms. The summed E-state index contributed by atoms with van der Waals surface area (Å²) in [5.74, 6) is 1.60. The summed E-state index contributed by atoms with van der Waals surface area (Å²) in [6, 6.07) is 13.9. The van der Waals surface area contributed by atoms with Crippen molar-refractivity contribution in [3.05, 3.63) is 52.8 Å². The fourth-order valence-electron chi connectivity index (χ4n) is 2.36. The van der Waals surface area contributed by atoms with E-state index in [0.29, 0.717) is 0 Å². The zero-order chi connectivity index (χ0) is 15.0. The largest absolute Gasteiger partial charge is 0.497 e. The van der Waals surface area contributed by atoms with Crippen LogP contribution in [0.5, 0.6) is 5.75 Å². The van der Waals surface area contributed by atoms with Gasteiger partial charge in [-0.25, -0.2) is 4.98 Å². The molecule has 0 N–H and O–H groups in total. The number of hydrogen-bond acceptors (Lipinski definition) is 2. The van der Waals surface area contributed by atoms with E-state index in [4.69, 9.17) is 16.3 Å². The van der Waals surface area contributed by atoms with E-state index < -0.39 is 0 Å². The zero-order valence-electron chi connectivity index (χ0n) is 11.7. The minimum Gasteiger partial charge on any atom is -0.497 e. The van der Waals surface area contributed by atoms with Gasteiger partial charge in [0, 0.05) is 10.5 Å². The predicted molar refractivity (Wildman–Crippen MR) is 89.6 cm³/mol. The third-order valence-corrected chi connectivity index (χ3v) is 4.20. The number of para-hydroxylation sites is 2. The molecular formula is C16H14BrClN2O. The Morgan fingerprint density at radius 1 is 1.24 bits per heavy atom. The Bertz CT molecular complexity index is 798. The van der Waals surface area contributed by atoms with E-state index in [1.807, 2.05) is 49.4 Å². The van der Waals surface area contributed by atoms with Crippen LogP contribution in [0.25, 0.3) is 16.7 Å². The van der Waals surface area contributed by atoms with Crippen molar-refractivity contribution in [3.8, 4) is 11.4 Å². The molecule has 0 saturated carbocycles. The van der Waals surface area contributed by atoms with Crippen molar-refractivity contribution in [2.24, 2.45) is 0 Å². The van der Waals surface area contributed by atoms with E-state index in [0.717, 1.165) is 32.8 Å². The van der Waals surface area contributed by atoms with E-state index in [2.05, 4.69) is 25.5 Å². The van der Waals surface area contributed by atoms with Crippen LogP contribution in [0.4, 0.5) is 0 Å². The molecule has 3 rings (SSSR count). The summed E-state index contributed by atoms with van der Waals surface area (Å²) < 4.78 is 8.36. The molecule has 0 aliphatic carbocycles. The second-order valence-electron chi connectivity index (χ2n) is 4.73. The van der Waals surface area contributed by atoms with Crippen molar-refractivity contribution in [2.75, 3.05) is 7.11 Å².